The molecule has 1 aliphatic rings. The van der Waals surface area contributed by atoms with E-state index in [1.807, 2.05) is 13.1 Å². The van der Waals surface area contributed by atoms with Crippen LogP contribution in [0.15, 0.2) is 18.3 Å². The van der Waals surface area contributed by atoms with Crippen molar-refractivity contribution in [1.82, 2.24) is 4.98 Å². The number of rotatable bonds is 1. The molecule has 0 amide bonds. The number of aromatic nitrogens is 1. The number of nitrogens with two attached hydrogens (primary N) is 1. The van der Waals surface area contributed by atoms with Crippen molar-refractivity contribution in [3.8, 4) is 0 Å². The zero-order valence-electron chi connectivity index (χ0n) is 8.03. The Morgan fingerprint density at radius 2 is 2.23 bits per heavy atom. The summed E-state index contributed by atoms with van der Waals surface area (Å²) in [6, 6.07) is 4.59. The Kier molecular flexibility index (Phi) is 2.32. The molecule has 2 atom stereocenters. The van der Waals surface area contributed by atoms with E-state index in [-0.39, 0.29) is 0 Å². The summed E-state index contributed by atoms with van der Waals surface area (Å²) in [4.78, 5) is 4.30. The molecule has 2 nitrogen and oxygen atoms in total. The van der Waals surface area contributed by atoms with E-state index in [2.05, 4.69) is 17.1 Å². The van der Waals surface area contributed by atoms with Crippen LogP contribution in [0.3, 0.4) is 0 Å². The fourth-order valence-electron chi connectivity index (χ4n) is 2.10. The van der Waals surface area contributed by atoms with Gasteiger partial charge in [-0.2, -0.15) is 0 Å². The molecule has 1 aromatic rings. The Labute approximate surface area is 79.2 Å². The van der Waals surface area contributed by atoms with Gasteiger partial charge in [-0.1, -0.05) is 12.5 Å². The van der Waals surface area contributed by atoms with Crippen LogP contribution in [0, 0.1) is 6.92 Å². The van der Waals surface area contributed by atoms with Gasteiger partial charge in [-0.25, -0.2) is 0 Å². The van der Waals surface area contributed by atoms with Crippen molar-refractivity contribution in [2.45, 2.75) is 38.1 Å². The summed E-state index contributed by atoms with van der Waals surface area (Å²) in [6.45, 7) is 2.01. The van der Waals surface area contributed by atoms with Gasteiger partial charge in [-0.05, 0) is 31.4 Å². The summed E-state index contributed by atoms with van der Waals surface area (Å²) in [7, 11) is 0. The number of hydrogen-bond donors (Lipinski definition) is 1. The first-order valence-electron chi connectivity index (χ1n) is 4.95. The Bertz CT molecular complexity index is 279. The van der Waals surface area contributed by atoms with Crippen molar-refractivity contribution in [3.05, 3.63) is 29.6 Å². The highest BCUT2D eigenvalue weighted by molar-refractivity contribution is 5.20. The van der Waals surface area contributed by atoms with Crippen molar-refractivity contribution in [1.29, 1.82) is 0 Å². The lowest BCUT2D eigenvalue weighted by Gasteiger charge is -2.14. The minimum Gasteiger partial charge on any atom is -0.327 e. The molecule has 2 heteroatoms. The third-order valence-corrected chi connectivity index (χ3v) is 2.93. The van der Waals surface area contributed by atoms with Gasteiger partial charge in [0.2, 0.25) is 0 Å². The van der Waals surface area contributed by atoms with Crippen molar-refractivity contribution in [3.63, 3.8) is 0 Å². The SMILES string of the molecule is Cc1ccc(C2CCCC2N)cn1. The largest absolute Gasteiger partial charge is 0.327 e. The van der Waals surface area contributed by atoms with E-state index in [4.69, 9.17) is 5.73 Å². The highest BCUT2D eigenvalue weighted by Crippen LogP contribution is 2.32. The van der Waals surface area contributed by atoms with Gasteiger partial charge in [-0.15, -0.1) is 0 Å². The molecule has 13 heavy (non-hydrogen) atoms. The lowest BCUT2D eigenvalue weighted by Crippen LogP contribution is -2.22. The van der Waals surface area contributed by atoms with Gasteiger partial charge < -0.3 is 5.73 Å². The molecule has 1 aliphatic carbocycles. The first-order chi connectivity index (χ1) is 6.27. The normalized spacial score (nSPS) is 27.8. The fraction of sp³-hybridized carbons (Fsp3) is 0.545. The number of aryl methyl sites for hydroxylation is 1. The maximum Gasteiger partial charge on any atom is 0.0372 e. The molecule has 70 valence electrons. The molecule has 0 radical (unpaired) electrons. The summed E-state index contributed by atoms with van der Waals surface area (Å²) in [5, 5.41) is 0. The molecule has 0 aliphatic heterocycles. The van der Waals surface area contributed by atoms with E-state index in [0.717, 1.165) is 5.69 Å². The molecule has 1 saturated carbocycles. The average molecular weight is 176 g/mol. The third-order valence-electron chi connectivity index (χ3n) is 2.93. The molecule has 0 saturated heterocycles. The van der Waals surface area contributed by atoms with E-state index in [1.54, 1.807) is 0 Å². The number of pyridine rings is 1. The standard InChI is InChI=1S/C11H16N2/c1-8-5-6-9(7-13-8)10-3-2-4-11(10)12/h5-7,10-11H,2-4,12H2,1H3. The van der Waals surface area contributed by atoms with Gasteiger partial charge in [0.05, 0.1) is 0 Å². The maximum atomic E-state index is 6.02. The number of hydrogen-bond acceptors (Lipinski definition) is 2. The van der Waals surface area contributed by atoms with Gasteiger partial charge in [0, 0.05) is 23.9 Å². The first-order valence-corrected chi connectivity index (χ1v) is 4.95. The quantitative estimate of drug-likeness (QED) is 0.710. The molecule has 0 aromatic carbocycles. The van der Waals surface area contributed by atoms with Gasteiger partial charge in [-0.3, -0.25) is 4.98 Å². The smallest absolute Gasteiger partial charge is 0.0372 e. The second kappa shape index (κ2) is 3.46. The Morgan fingerprint density at radius 3 is 2.77 bits per heavy atom. The summed E-state index contributed by atoms with van der Waals surface area (Å²) in [6.07, 6.45) is 5.63. The van der Waals surface area contributed by atoms with Crippen molar-refractivity contribution in [2.75, 3.05) is 0 Å². The van der Waals surface area contributed by atoms with E-state index in [0.29, 0.717) is 12.0 Å². The first kappa shape index (κ1) is 8.70. The van der Waals surface area contributed by atoms with E-state index < -0.39 is 0 Å². The summed E-state index contributed by atoms with van der Waals surface area (Å²) >= 11 is 0. The molecular formula is C11H16N2. The number of nitrogens with zero attached hydrogens (tertiary/aromatic N) is 1. The molecular weight excluding hydrogens is 160 g/mol. The molecule has 0 bridgehead atoms. The van der Waals surface area contributed by atoms with Crippen LogP contribution in [0.5, 0.6) is 0 Å². The summed E-state index contributed by atoms with van der Waals surface area (Å²) in [5.74, 6) is 0.549. The van der Waals surface area contributed by atoms with E-state index in [1.165, 1.54) is 24.8 Å². The van der Waals surface area contributed by atoms with Crippen LogP contribution in [-0.4, -0.2) is 11.0 Å². The van der Waals surface area contributed by atoms with Crippen LogP contribution in [0.2, 0.25) is 0 Å². The predicted molar refractivity (Wildman–Crippen MR) is 53.5 cm³/mol. The zero-order valence-corrected chi connectivity index (χ0v) is 8.03. The average Bonchev–Trinajstić information content (AvgIpc) is 2.53. The van der Waals surface area contributed by atoms with Crippen LogP contribution in [-0.2, 0) is 0 Å². The molecule has 2 N–H and O–H groups in total. The van der Waals surface area contributed by atoms with Gasteiger partial charge in [0.25, 0.3) is 0 Å². The van der Waals surface area contributed by atoms with Crippen LogP contribution < -0.4 is 5.73 Å². The highest BCUT2D eigenvalue weighted by atomic mass is 14.7. The van der Waals surface area contributed by atoms with Crippen LogP contribution in [0.25, 0.3) is 0 Å². The molecule has 1 heterocycles. The lowest BCUT2D eigenvalue weighted by molar-refractivity contribution is 0.611. The maximum absolute atomic E-state index is 6.02. The molecule has 1 aromatic heterocycles. The minimum absolute atomic E-state index is 0.351. The highest BCUT2D eigenvalue weighted by Gasteiger charge is 2.25. The predicted octanol–water partition coefficient (Wildman–Crippen LogP) is 1.98. The summed E-state index contributed by atoms with van der Waals surface area (Å²) < 4.78 is 0. The molecule has 2 unspecified atom stereocenters. The molecule has 0 spiro atoms. The zero-order chi connectivity index (χ0) is 9.26. The lowest BCUT2D eigenvalue weighted by atomic mass is 9.96. The Balaban J connectivity index is 2.20. The van der Waals surface area contributed by atoms with Crippen molar-refractivity contribution in [2.24, 2.45) is 5.73 Å². The van der Waals surface area contributed by atoms with Crippen molar-refractivity contribution < 1.29 is 0 Å². The monoisotopic (exact) mass is 176 g/mol. The van der Waals surface area contributed by atoms with E-state index >= 15 is 0 Å². The third kappa shape index (κ3) is 1.73. The van der Waals surface area contributed by atoms with Gasteiger partial charge >= 0.3 is 0 Å². The van der Waals surface area contributed by atoms with E-state index in [9.17, 15) is 0 Å². The van der Waals surface area contributed by atoms with Crippen LogP contribution in [0.1, 0.15) is 36.4 Å². The minimum atomic E-state index is 0.351. The van der Waals surface area contributed by atoms with Crippen LogP contribution in [0.4, 0.5) is 0 Å². The van der Waals surface area contributed by atoms with Gasteiger partial charge in [0.1, 0.15) is 0 Å². The molecule has 1 fully saturated rings. The second-order valence-corrected chi connectivity index (χ2v) is 3.93. The van der Waals surface area contributed by atoms with Crippen molar-refractivity contribution >= 4 is 0 Å². The van der Waals surface area contributed by atoms with Crippen LogP contribution >= 0.6 is 0 Å². The Hall–Kier alpha value is -0.890. The van der Waals surface area contributed by atoms with Gasteiger partial charge in [0.15, 0.2) is 0 Å². The summed E-state index contributed by atoms with van der Waals surface area (Å²) in [5.41, 5.74) is 8.42. The molecule has 2 rings (SSSR count). The fourth-order valence-corrected chi connectivity index (χ4v) is 2.10. The Morgan fingerprint density at radius 1 is 1.38 bits per heavy atom. The topological polar surface area (TPSA) is 38.9 Å². The second-order valence-electron chi connectivity index (χ2n) is 3.93.